The van der Waals surface area contributed by atoms with Crippen molar-refractivity contribution in [2.45, 2.75) is 52.5 Å². The van der Waals surface area contributed by atoms with Crippen LogP contribution in [0.25, 0.3) is 0 Å². The van der Waals surface area contributed by atoms with Gasteiger partial charge in [0.05, 0.1) is 11.2 Å². The molecule has 20 heavy (non-hydrogen) atoms. The van der Waals surface area contributed by atoms with Crippen LogP contribution in [0.5, 0.6) is 0 Å². The molecule has 0 aromatic carbocycles. The summed E-state index contributed by atoms with van der Waals surface area (Å²) in [5.41, 5.74) is 2.64. The van der Waals surface area contributed by atoms with Gasteiger partial charge in [0, 0.05) is 11.8 Å². The molecule has 0 radical (unpaired) electrons. The van der Waals surface area contributed by atoms with Gasteiger partial charge in [0.1, 0.15) is 6.04 Å². The van der Waals surface area contributed by atoms with Crippen LogP contribution in [0.2, 0.25) is 0 Å². The SMILES string of the molecule is CC(C)(C)CCC(NC(=O)CCc1cscn1)C(=O)O. The fraction of sp³-hybridized carbons (Fsp3) is 0.643. The van der Waals surface area contributed by atoms with E-state index in [-0.39, 0.29) is 17.7 Å². The lowest BCUT2D eigenvalue weighted by Crippen LogP contribution is -2.41. The van der Waals surface area contributed by atoms with Gasteiger partial charge < -0.3 is 10.4 Å². The highest BCUT2D eigenvalue weighted by atomic mass is 32.1. The third-order valence-corrected chi connectivity index (χ3v) is 3.54. The van der Waals surface area contributed by atoms with Crippen molar-refractivity contribution in [1.82, 2.24) is 10.3 Å². The van der Waals surface area contributed by atoms with Crippen molar-refractivity contribution in [2.75, 3.05) is 0 Å². The number of aliphatic carboxylic acids is 1. The van der Waals surface area contributed by atoms with E-state index in [0.717, 1.165) is 12.1 Å². The van der Waals surface area contributed by atoms with Gasteiger partial charge >= 0.3 is 5.97 Å². The van der Waals surface area contributed by atoms with Crippen LogP contribution in [-0.4, -0.2) is 28.0 Å². The monoisotopic (exact) mass is 298 g/mol. The van der Waals surface area contributed by atoms with Crippen LogP contribution in [0.4, 0.5) is 0 Å². The molecule has 0 saturated carbocycles. The van der Waals surface area contributed by atoms with Crippen LogP contribution in [0.15, 0.2) is 10.9 Å². The molecule has 0 spiro atoms. The molecular formula is C14H22N2O3S. The van der Waals surface area contributed by atoms with Gasteiger partial charge in [-0.2, -0.15) is 0 Å². The highest BCUT2D eigenvalue weighted by Gasteiger charge is 2.22. The van der Waals surface area contributed by atoms with E-state index < -0.39 is 12.0 Å². The van der Waals surface area contributed by atoms with Crippen molar-refractivity contribution in [3.63, 3.8) is 0 Å². The lowest BCUT2D eigenvalue weighted by molar-refractivity contribution is -0.142. The van der Waals surface area contributed by atoms with Gasteiger partial charge in [0.15, 0.2) is 0 Å². The van der Waals surface area contributed by atoms with Gasteiger partial charge in [-0.25, -0.2) is 9.78 Å². The van der Waals surface area contributed by atoms with E-state index in [0.29, 0.717) is 12.8 Å². The van der Waals surface area contributed by atoms with E-state index in [2.05, 4.69) is 31.1 Å². The number of thiazole rings is 1. The first-order valence-electron chi connectivity index (χ1n) is 6.67. The molecule has 0 aliphatic rings. The topological polar surface area (TPSA) is 79.3 Å². The fourth-order valence-electron chi connectivity index (χ4n) is 1.70. The van der Waals surface area contributed by atoms with Gasteiger partial charge in [0.25, 0.3) is 0 Å². The molecule has 0 aliphatic heterocycles. The summed E-state index contributed by atoms with van der Waals surface area (Å²) in [6.07, 6.45) is 2.00. The van der Waals surface area contributed by atoms with Crippen molar-refractivity contribution < 1.29 is 14.7 Å². The third kappa shape index (κ3) is 6.65. The number of aryl methyl sites for hydroxylation is 1. The molecule has 0 fully saturated rings. The number of carbonyl (C=O) groups excluding carboxylic acids is 1. The molecule has 1 rings (SSSR count). The maximum atomic E-state index is 11.8. The summed E-state index contributed by atoms with van der Waals surface area (Å²) >= 11 is 1.48. The number of hydrogen-bond acceptors (Lipinski definition) is 4. The summed E-state index contributed by atoms with van der Waals surface area (Å²) in [6.45, 7) is 6.15. The maximum absolute atomic E-state index is 11.8. The lowest BCUT2D eigenvalue weighted by Gasteiger charge is -2.21. The van der Waals surface area contributed by atoms with Crippen molar-refractivity contribution >= 4 is 23.2 Å². The van der Waals surface area contributed by atoms with E-state index in [9.17, 15) is 9.59 Å². The number of hydrogen-bond donors (Lipinski definition) is 2. The third-order valence-electron chi connectivity index (χ3n) is 2.91. The van der Waals surface area contributed by atoms with Gasteiger partial charge in [-0.1, -0.05) is 20.8 Å². The number of carboxylic acids is 1. The molecule has 1 amide bonds. The first-order valence-corrected chi connectivity index (χ1v) is 7.61. The molecule has 1 aromatic heterocycles. The van der Waals surface area contributed by atoms with Gasteiger partial charge in [-0.15, -0.1) is 11.3 Å². The Morgan fingerprint density at radius 2 is 2.15 bits per heavy atom. The molecule has 0 bridgehead atoms. The highest BCUT2D eigenvalue weighted by Crippen LogP contribution is 2.21. The molecule has 0 saturated heterocycles. The Morgan fingerprint density at radius 1 is 1.45 bits per heavy atom. The minimum atomic E-state index is -0.976. The zero-order valence-corrected chi connectivity index (χ0v) is 13.0. The molecule has 6 heteroatoms. The maximum Gasteiger partial charge on any atom is 0.326 e. The molecule has 112 valence electrons. The van der Waals surface area contributed by atoms with Crippen molar-refractivity contribution in [2.24, 2.45) is 5.41 Å². The van der Waals surface area contributed by atoms with Crippen LogP contribution in [0.3, 0.4) is 0 Å². The number of amides is 1. The van der Waals surface area contributed by atoms with Crippen molar-refractivity contribution in [1.29, 1.82) is 0 Å². The summed E-state index contributed by atoms with van der Waals surface area (Å²) in [4.78, 5) is 27.0. The van der Waals surface area contributed by atoms with Crippen LogP contribution in [-0.2, 0) is 16.0 Å². The predicted octanol–water partition coefficient (Wildman–Crippen LogP) is 2.47. The van der Waals surface area contributed by atoms with E-state index in [1.54, 1.807) is 5.51 Å². The predicted molar refractivity (Wildman–Crippen MR) is 78.7 cm³/mol. The molecule has 1 atom stereocenters. The fourth-order valence-corrected chi connectivity index (χ4v) is 2.30. The zero-order chi connectivity index (χ0) is 15.2. The first kappa shape index (κ1) is 16.6. The number of carboxylic acid groups (broad SMARTS) is 1. The number of nitrogens with zero attached hydrogens (tertiary/aromatic N) is 1. The van der Waals surface area contributed by atoms with Crippen molar-refractivity contribution in [3.05, 3.63) is 16.6 Å². The van der Waals surface area contributed by atoms with E-state index >= 15 is 0 Å². The average Bonchev–Trinajstić information content (AvgIpc) is 2.83. The first-order chi connectivity index (χ1) is 9.28. The summed E-state index contributed by atoms with van der Waals surface area (Å²) in [6, 6.07) is -0.808. The molecule has 5 nitrogen and oxygen atoms in total. The second-order valence-corrected chi connectivity index (χ2v) is 6.76. The van der Waals surface area contributed by atoms with Crippen LogP contribution < -0.4 is 5.32 Å². The van der Waals surface area contributed by atoms with Crippen LogP contribution in [0.1, 0.15) is 45.7 Å². The summed E-state index contributed by atoms with van der Waals surface area (Å²) in [5, 5.41) is 13.6. The van der Waals surface area contributed by atoms with Gasteiger partial charge in [-0.3, -0.25) is 4.79 Å². The number of carbonyl (C=O) groups is 2. The minimum absolute atomic E-state index is 0.0546. The Hall–Kier alpha value is -1.43. The minimum Gasteiger partial charge on any atom is -0.480 e. The second kappa shape index (κ2) is 7.38. The molecular weight excluding hydrogens is 276 g/mol. The largest absolute Gasteiger partial charge is 0.480 e. The Bertz CT molecular complexity index is 438. The molecule has 1 heterocycles. The smallest absolute Gasteiger partial charge is 0.326 e. The summed E-state index contributed by atoms with van der Waals surface area (Å²) in [5.74, 6) is -1.21. The highest BCUT2D eigenvalue weighted by molar-refractivity contribution is 7.07. The Balaban J connectivity index is 2.40. The standard InChI is InChI=1S/C14H22N2O3S/c1-14(2,3)7-6-11(13(18)19)16-12(17)5-4-10-8-20-9-15-10/h8-9,11H,4-7H2,1-3H3,(H,16,17)(H,18,19). The summed E-state index contributed by atoms with van der Waals surface area (Å²) < 4.78 is 0. The van der Waals surface area contributed by atoms with Crippen molar-refractivity contribution in [3.8, 4) is 0 Å². The average molecular weight is 298 g/mol. The quantitative estimate of drug-likeness (QED) is 0.810. The number of rotatable bonds is 7. The second-order valence-electron chi connectivity index (χ2n) is 6.04. The van der Waals surface area contributed by atoms with E-state index in [1.807, 2.05) is 5.38 Å². The summed E-state index contributed by atoms with van der Waals surface area (Å²) in [7, 11) is 0. The lowest BCUT2D eigenvalue weighted by atomic mass is 9.88. The zero-order valence-electron chi connectivity index (χ0n) is 12.2. The normalized spacial score (nSPS) is 12.9. The molecule has 0 aliphatic carbocycles. The number of aromatic nitrogens is 1. The van der Waals surface area contributed by atoms with Crippen LogP contribution in [0, 0.1) is 5.41 Å². The molecule has 1 unspecified atom stereocenters. The van der Waals surface area contributed by atoms with E-state index in [1.165, 1.54) is 11.3 Å². The van der Waals surface area contributed by atoms with E-state index in [4.69, 9.17) is 5.11 Å². The van der Waals surface area contributed by atoms with Gasteiger partial charge in [0.2, 0.25) is 5.91 Å². The van der Waals surface area contributed by atoms with Gasteiger partial charge in [-0.05, 0) is 24.7 Å². The Labute approximate surface area is 123 Å². The Morgan fingerprint density at radius 3 is 2.65 bits per heavy atom. The Kier molecular flexibility index (Phi) is 6.13. The molecule has 1 aromatic rings. The number of nitrogens with one attached hydrogen (secondary N) is 1. The molecule has 2 N–H and O–H groups in total. The van der Waals surface area contributed by atoms with Crippen LogP contribution >= 0.6 is 11.3 Å².